The minimum atomic E-state index is -3.31. The van der Waals surface area contributed by atoms with Crippen molar-refractivity contribution in [2.75, 3.05) is 24.2 Å². The lowest BCUT2D eigenvalue weighted by molar-refractivity contribution is -0.120. The van der Waals surface area contributed by atoms with Crippen molar-refractivity contribution in [3.05, 3.63) is 29.8 Å². The number of sulfonamides is 1. The predicted molar refractivity (Wildman–Crippen MR) is 106 cm³/mol. The van der Waals surface area contributed by atoms with E-state index in [1.165, 1.54) is 4.31 Å². The zero-order valence-corrected chi connectivity index (χ0v) is 17.0. The summed E-state index contributed by atoms with van der Waals surface area (Å²) in [4.78, 5) is 25.2. The zero-order chi connectivity index (χ0) is 20.0. The van der Waals surface area contributed by atoms with Crippen molar-refractivity contribution in [3.8, 4) is 0 Å². The molecule has 0 radical (unpaired) electrons. The minimum absolute atomic E-state index is 0.0277. The zero-order valence-electron chi connectivity index (χ0n) is 16.2. The molecule has 2 amide bonds. The van der Waals surface area contributed by atoms with E-state index in [2.05, 4.69) is 10.6 Å². The van der Waals surface area contributed by atoms with Crippen LogP contribution in [-0.4, -0.2) is 49.4 Å². The van der Waals surface area contributed by atoms with Crippen molar-refractivity contribution < 1.29 is 18.0 Å². The van der Waals surface area contributed by atoms with E-state index < -0.39 is 15.9 Å². The third-order valence-electron chi connectivity index (χ3n) is 4.93. The van der Waals surface area contributed by atoms with Crippen molar-refractivity contribution >= 4 is 27.5 Å². The number of amides is 2. The van der Waals surface area contributed by atoms with Crippen LogP contribution in [0.3, 0.4) is 0 Å². The molecule has 0 aromatic heterocycles. The lowest BCUT2D eigenvalue weighted by atomic mass is 9.98. The lowest BCUT2D eigenvalue weighted by Crippen LogP contribution is -2.44. The number of nitrogens with zero attached hydrogens (tertiary/aromatic N) is 1. The monoisotopic (exact) mass is 395 g/mol. The number of piperidine rings is 1. The molecular formula is C19H29N3O4S. The molecule has 0 unspecified atom stereocenters. The fourth-order valence-corrected chi connectivity index (χ4v) is 4.20. The molecule has 0 saturated carbocycles. The highest BCUT2D eigenvalue weighted by molar-refractivity contribution is 7.89. The van der Waals surface area contributed by atoms with Crippen LogP contribution in [0, 0.1) is 5.92 Å². The first kappa shape index (κ1) is 21.4. The normalized spacial score (nSPS) is 19.3. The van der Waals surface area contributed by atoms with Crippen LogP contribution in [0.5, 0.6) is 0 Å². The summed E-state index contributed by atoms with van der Waals surface area (Å²) >= 11 is 0. The average Bonchev–Trinajstić information content (AvgIpc) is 2.68. The SMILES string of the molecule is CC[C@@H](C)NC(=O)c1ccccc1NC(=O)[C@@H]1CCCN(S(=O)(=O)CC)C1. The lowest BCUT2D eigenvalue weighted by Gasteiger charge is -2.31. The molecular weight excluding hydrogens is 366 g/mol. The number of para-hydroxylation sites is 1. The third-order valence-corrected chi connectivity index (χ3v) is 6.78. The van der Waals surface area contributed by atoms with Gasteiger partial charge in [-0.2, -0.15) is 0 Å². The summed E-state index contributed by atoms with van der Waals surface area (Å²) in [6.07, 6.45) is 2.08. The highest BCUT2D eigenvalue weighted by Gasteiger charge is 2.31. The Morgan fingerprint density at radius 3 is 2.63 bits per heavy atom. The van der Waals surface area contributed by atoms with E-state index in [1.807, 2.05) is 13.8 Å². The fourth-order valence-electron chi connectivity index (χ4n) is 3.02. The van der Waals surface area contributed by atoms with E-state index in [0.29, 0.717) is 30.6 Å². The molecule has 1 aliphatic heterocycles. The van der Waals surface area contributed by atoms with Crippen molar-refractivity contribution in [2.24, 2.45) is 5.92 Å². The standard InChI is InChI=1S/C19H29N3O4S/c1-4-14(3)20-19(24)16-10-6-7-11-17(16)21-18(23)15-9-8-12-22(13-15)27(25,26)5-2/h6-7,10-11,14-15H,4-5,8-9,12-13H2,1-3H3,(H,20,24)(H,21,23)/t14-,15-/m1/s1. The summed E-state index contributed by atoms with van der Waals surface area (Å²) in [6.45, 7) is 6.14. The molecule has 1 aromatic carbocycles. The van der Waals surface area contributed by atoms with Crippen LogP contribution in [-0.2, 0) is 14.8 Å². The Labute approximate surface area is 161 Å². The highest BCUT2D eigenvalue weighted by atomic mass is 32.2. The Morgan fingerprint density at radius 1 is 1.26 bits per heavy atom. The molecule has 0 aliphatic carbocycles. The maximum atomic E-state index is 12.7. The van der Waals surface area contributed by atoms with Gasteiger partial charge in [0.05, 0.1) is 22.9 Å². The molecule has 0 bridgehead atoms. The third kappa shape index (κ3) is 5.52. The molecule has 2 rings (SSSR count). The maximum absolute atomic E-state index is 12.7. The van der Waals surface area contributed by atoms with Crippen LogP contribution in [0.15, 0.2) is 24.3 Å². The Bertz CT molecular complexity index is 779. The van der Waals surface area contributed by atoms with Crippen LogP contribution < -0.4 is 10.6 Å². The van der Waals surface area contributed by atoms with Crippen LogP contribution in [0.25, 0.3) is 0 Å². The number of rotatable bonds is 7. The second-order valence-corrected chi connectivity index (χ2v) is 9.17. The summed E-state index contributed by atoms with van der Waals surface area (Å²) in [5.41, 5.74) is 0.846. The smallest absolute Gasteiger partial charge is 0.253 e. The number of benzene rings is 1. The number of carbonyl (C=O) groups excluding carboxylic acids is 2. The Balaban J connectivity index is 2.11. The van der Waals surface area contributed by atoms with Gasteiger partial charge in [-0.05, 0) is 45.2 Å². The molecule has 27 heavy (non-hydrogen) atoms. The van der Waals surface area contributed by atoms with Gasteiger partial charge in [0.1, 0.15) is 0 Å². The van der Waals surface area contributed by atoms with Crippen LogP contribution in [0.1, 0.15) is 50.4 Å². The molecule has 1 fully saturated rings. The molecule has 0 spiro atoms. The maximum Gasteiger partial charge on any atom is 0.253 e. The molecule has 7 nitrogen and oxygen atoms in total. The number of anilines is 1. The molecule has 150 valence electrons. The fraction of sp³-hybridized carbons (Fsp3) is 0.579. The van der Waals surface area contributed by atoms with Crippen LogP contribution in [0.4, 0.5) is 5.69 Å². The number of hydrogen-bond donors (Lipinski definition) is 2. The van der Waals surface area contributed by atoms with Crippen LogP contribution >= 0.6 is 0 Å². The summed E-state index contributed by atoms with van der Waals surface area (Å²) in [7, 11) is -3.31. The molecule has 2 atom stereocenters. The Kier molecular flexibility index (Phi) is 7.38. The number of carbonyl (C=O) groups is 2. The first-order valence-electron chi connectivity index (χ1n) is 9.47. The van der Waals surface area contributed by atoms with Gasteiger partial charge in [-0.1, -0.05) is 19.1 Å². The van der Waals surface area contributed by atoms with E-state index in [0.717, 1.165) is 6.42 Å². The second-order valence-electron chi connectivity index (χ2n) is 6.92. The number of hydrogen-bond acceptors (Lipinski definition) is 4. The molecule has 1 saturated heterocycles. The molecule has 1 aliphatic rings. The predicted octanol–water partition coefficient (Wildman–Crippen LogP) is 2.22. The van der Waals surface area contributed by atoms with Gasteiger partial charge in [0.15, 0.2) is 0 Å². The largest absolute Gasteiger partial charge is 0.350 e. The summed E-state index contributed by atoms with van der Waals surface area (Å²) in [6, 6.07) is 6.89. The van der Waals surface area contributed by atoms with Gasteiger partial charge in [0.2, 0.25) is 15.9 Å². The van der Waals surface area contributed by atoms with E-state index in [-0.39, 0.29) is 30.2 Å². The molecule has 1 heterocycles. The molecule has 1 aromatic rings. The first-order chi connectivity index (χ1) is 12.8. The van der Waals surface area contributed by atoms with Gasteiger partial charge < -0.3 is 10.6 Å². The Hall–Kier alpha value is -1.93. The van der Waals surface area contributed by atoms with E-state index >= 15 is 0 Å². The first-order valence-corrected chi connectivity index (χ1v) is 11.1. The number of nitrogens with one attached hydrogen (secondary N) is 2. The highest BCUT2D eigenvalue weighted by Crippen LogP contribution is 2.22. The van der Waals surface area contributed by atoms with Crippen molar-refractivity contribution in [1.29, 1.82) is 0 Å². The Morgan fingerprint density at radius 2 is 1.96 bits per heavy atom. The summed E-state index contributed by atoms with van der Waals surface area (Å²) in [5.74, 6) is -0.889. The van der Waals surface area contributed by atoms with E-state index in [9.17, 15) is 18.0 Å². The van der Waals surface area contributed by atoms with Gasteiger partial charge in [-0.3, -0.25) is 9.59 Å². The van der Waals surface area contributed by atoms with Crippen molar-refractivity contribution in [2.45, 2.75) is 46.1 Å². The van der Waals surface area contributed by atoms with Crippen molar-refractivity contribution in [1.82, 2.24) is 9.62 Å². The quantitative estimate of drug-likeness (QED) is 0.740. The van der Waals surface area contributed by atoms with Gasteiger partial charge in [-0.25, -0.2) is 12.7 Å². The van der Waals surface area contributed by atoms with Crippen LogP contribution in [0.2, 0.25) is 0 Å². The topological polar surface area (TPSA) is 95.6 Å². The summed E-state index contributed by atoms with van der Waals surface area (Å²) < 4.78 is 25.6. The van der Waals surface area contributed by atoms with Gasteiger partial charge in [0.25, 0.3) is 5.91 Å². The minimum Gasteiger partial charge on any atom is -0.350 e. The molecule has 2 N–H and O–H groups in total. The van der Waals surface area contributed by atoms with Gasteiger partial charge in [0, 0.05) is 19.1 Å². The van der Waals surface area contributed by atoms with Gasteiger partial charge >= 0.3 is 0 Å². The van der Waals surface area contributed by atoms with Gasteiger partial charge in [-0.15, -0.1) is 0 Å². The van der Waals surface area contributed by atoms with E-state index in [4.69, 9.17) is 0 Å². The molecule has 8 heteroatoms. The second kappa shape index (κ2) is 9.32. The average molecular weight is 396 g/mol. The van der Waals surface area contributed by atoms with Crippen molar-refractivity contribution in [3.63, 3.8) is 0 Å². The van der Waals surface area contributed by atoms with E-state index in [1.54, 1.807) is 31.2 Å². The summed E-state index contributed by atoms with van der Waals surface area (Å²) in [5, 5.41) is 5.72.